The van der Waals surface area contributed by atoms with Crippen molar-refractivity contribution in [3.63, 3.8) is 0 Å². The van der Waals surface area contributed by atoms with Crippen LogP contribution in [-0.2, 0) is 6.61 Å². The van der Waals surface area contributed by atoms with Gasteiger partial charge >= 0.3 is 6.03 Å². The lowest BCUT2D eigenvalue weighted by molar-refractivity contribution is 0.262. The number of aliphatic hydroxyl groups excluding tert-OH is 1. The van der Waals surface area contributed by atoms with Crippen molar-refractivity contribution in [1.29, 1.82) is 0 Å². The minimum atomic E-state index is -0.409. The second kappa shape index (κ2) is 7.62. The van der Waals surface area contributed by atoms with Gasteiger partial charge in [-0.15, -0.1) is 0 Å². The molecule has 2 aromatic carbocycles. The Hall–Kier alpha value is -1.57. The molecule has 7 heteroatoms. The maximum atomic E-state index is 12.1. The van der Waals surface area contributed by atoms with Crippen molar-refractivity contribution in [3.8, 4) is 5.75 Å². The van der Waals surface area contributed by atoms with Gasteiger partial charge in [0.05, 0.1) is 13.7 Å². The van der Waals surface area contributed by atoms with E-state index in [9.17, 15) is 9.90 Å². The minimum absolute atomic E-state index is 0.179. The number of anilines is 2. The van der Waals surface area contributed by atoms with Crippen LogP contribution in [0.25, 0.3) is 0 Å². The Bertz CT molecular complexity index is 692. The number of carbonyl (C=O) groups is 1. The molecule has 0 fully saturated rings. The number of halogens is 2. The lowest BCUT2D eigenvalue weighted by atomic mass is 10.2. The molecule has 0 aliphatic rings. The molecule has 0 aromatic heterocycles. The first-order valence-electron chi connectivity index (χ1n) is 6.34. The molecule has 0 saturated carbocycles. The topological polar surface area (TPSA) is 70.6 Å². The summed E-state index contributed by atoms with van der Waals surface area (Å²) in [6, 6.07) is 10.1. The summed E-state index contributed by atoms with van der Waals surface area (Å²) in [6.45, 7) is -0.179. The van der Waals surface area contributed by atoms with Gasteiger partial charge in [0.25, 0.3) is 0 Å². The zero-order valence-corrected chi connectivity index (χ0v) is 14.9. The molecule has 0 aliphatic heterocycles. The summed E-state index contributed by atoms with van der Waals surface area (Å²) >= 11 is 6.69. The van der Waals surface area contributed by atoms with E-state index >= 15 is 0 Å². The van der Waals surface area contributed by atoms with Crippen molar-refractivity contribution in [3.05, 3.63) is 50.9 Å². The molecular weight excluding hydrogens is 416 g/mol. The highest BCUT2D eigenvalue weighted by atomic mass is 79.9. The van der Waals surface area contributed by atoms with Crippen LogP contribution in [0.5, 0.6) is 5.75 Å². The predicted octanol–water partition coefficient (Wildman–Crippen LogP) is 4.36. The number of hydrogen-bond donors (Lipinski definition) is 3. The molecular formula is C15H14Br2N2O3. The number of urea groups is 1. The summed E-state index contributed by atoms with van der Waals surface area (Å²) in [5, 5.41) is 14.8. The summed E-state index contributed by atoms with van der Waals surface area (Å²) in [4.78, 5) is 12.1. The molecule has 0 aliphatic carbocycles. The molecule has 116 valence electrons. The van der Waals surface area contributed by atoms with Gasteiger partial charge < -0.3 is 20.5 Å². The van der Waals surface area contributed by atoms with Crippen LogP contribution in [0.3, 0.4) is 0 Å². The van der Waals surface area contributed by atoms with Crippen molar-refractivity contribution in [2.24, 2.45) is 0 Å². The van der Waals surface area contributed by atoms with E-state index in [1.807, 2.05) is 0 Å². The Labute approximate surface area is 144 Å². The Morgan fingerprint density at radius 3 is 2.68 bits per heavy atom. The predicted molar refractivity (Wildman–Crippen MR) is 93.4 cm³/mol. The van der Waals surface area contributed by atoms with E-state index in [1.54, 1.807) is 43.5 Å². The van der Waals surface area contributed by atoms with E-state index < -0.39 is 6.03 Å². The molecule has 3 N–H and O–H groups in total. The molecule has 0 spiro atoms. The minimum Gasteiger partial charge on any atom is -0.497 e. The summed E-state index contributed by atoms with van der Waals surface area (Å²) < 4.78 is 6.67. The van der Waals surface area contributed by atoms with Gasteiger partial charge in [0.15, 0.2) is 0 Å². The fourth-order valence-corrected chi connectivity index (χ4v) is 2.84. The van der Waals surface area contributed by atoms with Crippen LogP contribution in [0.4, 0.5) is 16.2 Å². The normalized spacial score (nSPS) is 10.2. The van der Waals surface area contributed by atoms with Crippen LogP contribution >= 0.6 is 31.9 Å². The molecule has 2 rings (SSSR count). The van der Waals surface area contributed by atoms with Crippen molar-refractivity contribution in [2.45, 2.75) is 6.61 Å². The molecule has 2 aromatic rings. The van der Waals surface area contributed by atoms with Crippen molar-refractivity contribution in [1.82, 2.24) is 0 Å². The van der Waals surface area contributed by atoms with Gasteiger partial charge in [-0.2, -0.15) is 0 Å². The van der Waals surface area contributed by atoms with Gasteiger partial charge in [-0.05, 0) is 24.3 Å². The Morgan fingerprint density at radius 2 is 2.00 bits per heavy atom. The summed E-state index contributed by atoms with van der Waals surface area (Å²) in [6.07, 6.45) is 0. The monoisotopic (exact) mass is 428 g/mol. The maximum absolute atomic E-state index is 12.1. The Balaban J connectivity index is 2.14. The van der Waals surface area contributed by atoms with Gasteiger partial charge in [0.1, 0.15) is 5.75 Å². The number of nitrogens with one attached hydrogen (secondary N) is 2. The van der Waals surface area contributed by atoms with Crippen molar-refractivity contribution >= 4 is 49.3 Å². The molecule has 0 saturated heterocycles. The standard InChI is InChI=1S/C15H14Br2N2O3/c1-22-11-6-9(16)5-10(7-11)18-15(21)19-14-4-2-3-13(17)12(14)8-20/h2-7,20H,8H2,1H3,(H2,18,19,21). The zero-order chi connectivity index (χ0) is 16.1. The Kier molecular flexibility index (Phi) is 5.82. The first-order valence-corrected chi connectivity index (χ1v) is 7.93. The van der Waals surface area contributed by atoms with Gasteiger partial charge in [-0.1, -0.05) is 37.9 Å². The maximum Gasteiger partial charge on any atom is 0.323 e. The fourth-order valence-electron chi connectivity index (χ4n) is 1.87. The van der Waals surface area contributed by atoms with E-state index in [0.717, 1.165) is 8.95 Å². The number of aliphatic hydroxyl groups is 1. The van der Waals surface area contributed by atoms with Crippen molar-refractivity contribution < 1.29 is 14.6 Å². The highest BCUT2D eigenvalue weighted by Crippen LogP contribution is 2.26. The third-order valence-corrected chi connectivity index (χ3v) is 4.09. The molecule has 0 bridgehead atoms. The molecule has 5 nitrogen and oxygen atoms in total. The highest BCUT2D eigenvalue weighted by molar-refractivity contribution is 9.10. The highest BCUT2D eigenvalue weighted by Gasteiger charge is 2.10. The molecule has 0 unspecified atom stereocenters. The largest absolute Gasteiger partial charge is 0.497 e. The summed E-state index contributed by atoms with van der Waals surface area (Å²) in [5.41, 5.74) is 1.74. The SMILES string of the molecule is COc1cc(Br)cc(NC(=O)Nc2cccc(Br)c2CO)c1. The number of carbonyl (C=O) groups excluding carboxylic acids is 1. The number of methoxy groups -OCH3 is 1. The van der Waals surface area contributed by atoms with Crippen LogP contribution in [0.2, 0.25) is 0 Å². The van der Waals surface area contributed by atoms with Crippen molar-refractivity contribution in [2.75, 3.05) is 17.7 Å². The molecule has 0 atom stereocenters. The lowest BCUT2D eigenvalue weighted by Gasteiger charge is -2.12. The first-order chi connectivity index (χ1) is 10.5. The van der Waals surface area contributed by atoms with Crippen LogP contribution in [0, 0.1) is 0 Å². The number of benzene rings is 2. The lowest BCUT2D eigenvalue weighted by Crippen LogP contribution is -2.20. The smallest absolute Gasteiger partial charge is 0.323 e. The first kappa shape index (κ1) is 16.8. The van der Waals surface area contributed by atoms with Crippen LogP contribution in [-0.4, -0.2) is 18.2 Å². The summed E-state index contributed by atoms with van der Waals surface area (Å²) in [5.74, 6) is 0.628. The second-order valence-electron chi connectivity index (χ2n) is 4.38. The number of ether oxygens (including phenoxy) is 1. The van der Waals surface area contributed by atoms with E-state index in [1.165, 1.54) is 0 Å². The third kappa shape index (κ3) is 4.22. The van der Waals surface area contributed by atoms with Gasteiger partial charge in [0.2, 0.25) is 0 Å². The second-order valence-corrected chi connectivity index (χ2v) is 6.15. The van der Waals surface area contributed by atoms with Gasteiger partial charge in [-0.3, -0.25) is 0 Å². The molecule has 0 heterocycles. The number of amides is 2. The summed E-state index contributed by atoms with van der Waals surface area (Å²) in [7, 11) is 1.56. The van der Waals surface area contributed by atoms with E-state index in [4.69, 9.17) is 4.74 Å². The van der Waals surface area contributed by atoms with Gasteiger partial charge in [0, 0.05) is 32.0 Å². The molecule has 2 amide bonds. The number of rotatable bonds is 4. The number of hydrogen-bond acceptors (Lipinski definition) is 3. The van der Waals surface area contributed by atoms with Crippen LogP contribution in [0.1, 0.15) is 5.56 Å². The van der Waals surface area contributed by atoms with Crippen LogP contribution < -0.4 is 15.4 Å². The zero-order valence-electron chi connectivity index (χ0n) is 11.7. The third-order valence-electron chi connectivity index (χ3n) is 2.89. The van der Waals surface area contributed by atoms with E-state index in [0.29, 0.717) is 22.7 Å². The van der Waals surface area contributed by atoms with E-state index in [2.05, 4.69) is 42.5 Å². The van der Waals surface area contributed by atoms with E-state index in [-0.39, 0.29) is 6.61 Å². The Morgan fingerprint density at radius 1 is 1.23 bits per heavy atom. The average molecular weight is 430 g/mol. The van der Waals surface area contributed by atoms with Gasteiger partial charge in [-0.25, -0.2) is 4.79 Å². The fraction of sp³-hybridized carbons (Fsp3) is 0.133. The quantitative estimate of drug-likeness (QED) is 0.676. The molecule has 22 heavy (non-hydrogen) atoms. The molecule has 0 radical (unpaired) electrons. The average Bonchev–Trinajstić information content (AvgIpc) is 2.46. The van der Waals surface area contributed by atoms with Crippen LogP contribution in [0.15, 0.2) is 45.3 Å².